The summed E-state index contributed by atoms with van der Waals surface area (Å²) in [6.07, 6.45) is 0. The molecule has 0 radical (unpaired) electrons. The molecular formula is C13H18N2O4. The van der Waals surface area contributed by atoms with Crippen molar-refractivity contribution in [2.75, 3.05) is 18.5 Å². The van der Waals surface area contributed by atoms with Crippen molar-refractivity contribution in [1.82, 2.24) is 5.32 Å². The molecule has 1 atom stereocenters. The van der Waals surface area contributed by atoms with Crippen LogP contribution in [0.5, 0.6) is 5.75 Å². The molecule has 1 unspecified atom stereocenters. The molecule has 0 heterocycles. The van der Waals surface area contributed by atoms with Gasteiger partial charge in [-0.25, -0.2) is 0 Å². The predicted molar refractivity (Wildman–Crippen MR) is 70.9 cm³/mol. The van der Waals surface area contributed by atoms with Gasteiger partial charge in [-0.15, -0.1) is 0 Å². The average Bonchev–Trinajstić information content (AvgIpc) is 2.41. The Labute approximate surface area is 111 Å². The van der Waals surface area contributed by atoms with E-state index in [1.807, 2.05) is 6.92 Å². The minimum atomic E-state index is -0.782. The van der Waals surface area contributed by atoms with E-state index < -0.39 is 17.9 Å². The monoisotopic (exact) mass is 266 g/mol. The Balaban J connectivity index is 2.54. The second kappa shape index (κ2) is 7.38. The minimum Gasteiger partial charge on any atom is -0.494 e. The molecular weight excluding hydrogens is 248 g/mol. The second-order valence-electron chi connectivity index (χ2n) is 3.97. The lowest BCUT2D eigenvalue weighted by molar-refractivity contribution is -0.136. The lowest BCUT2D eigenvalue weighted by Gasteiger charge is -2.11. The Morgan fingerprint density at radius 3 is 2.42 bits per heavy atom. The van der Waals surface area contributed by atoms with Crippen LogP contribution in [0.4, 0.5) is 5.69 Å². The molecule has 19 heavy (non-hydrogen) atoms. The van der Waals surface area contributed by atoms with Gasteiger partial charge in [-0.05, 0) is 38.1 Å². The second-order valence-corrected chi connectivity index (χ2v) is 3.97. The number of amides is 2. The molecule has 0 saturated heterocycles. The van der Waals surface area contributed by atoms with Crippen LogP contribution in [-0.4, -0.2) is 36.2 Å². The van der Waals surface area contributed by atoms with Gasteiger partial charge in [-0.3, -0.25) is 9.59 Å². The summed E-state index contributed by atoms with van der Waals surface area (Å²) >= 11 is 0. The van der Waals surface area contributed by atoms with Crippen LogP contribution in [0.15, 0.2) is 24.3 Å². The molecule has 1 rings (SSSR count). The molecule has 0 aliphatic heterocycles. The number of aliphatic hydroxyl groups excluding tert-OH is 1. The standard InChI is InChI=1S/C13H18N2O4/c1-3-19-11-6-4-10(5-7-11)15-13(18)12(17)14-9(2)8-16/h4-7,9,16H,3,8H2,1-2H3,(H,14,17)(H,15,18). The summed E-state index contributed by atoms with van der Waals surface area (Å²) in [5, 5.41) is 13.6. The van der Waals surface area contributed by atoms with Gasteiger partial charge in [0.25, 0.3) is 0 Å². The topological polar surface area (TPSA) is 87.7 Å². The Morgan fingerprint density at radius 2 is 1.89 bits per heavy atom. The average molecular weight is 266 g/mol. The third kappa shape index (κ3) is 4.97. The van der Waals surface area contributed by atoms with Crippen molar-refractivity contribution in [3.63, 3.8) is 0 Å². The van der Waals surface area contributed by atoms with Gasteiger partial charge in [-0.2, -0.15) is 0 Å². The van der Waals surface area contributed by atoms with Crippen LogP contribution in [0.3, 0.4) is 0 Å². The Morgan fingerprint density at radius 1 is 1.26 bits per heavy atom. The van der Waals surface area contributed by atoms with E-state index >= 15 is 0 Å². The first-order valence-electron chi connectivity index (χ1n) is 6.02. The molecule has 6 heteroatoms. The first kappa shape index (κ1) is 15.0. The first-order chi connectivity index (χ1) is 9.06. The van der Waals surface area contributed by atoms with Gasteiger partial charge >= 0.3 is 11.8 Å². The number of carbonyl (C=O) groups is 2. The Bertz CT molecular complexity index is 431. The van der Waals surface area contributed by atoms with Gasteiger partial charge in [0.15, 0.2) is 0 Å². The van der Waals surface area contributed by atoms with Crippen molar-refractivity contribution in [3.05, 3.63) is 24.3 Å². The smallest absolute Gasteiger partial charge is 0.313 e. The fraction of sp³-hybridized carbons (Fsp3) is 0.385. The van der Waals surface area contributed by atoms with Crippen molar-refractivity contribution < 1.29 is 19.4 Å². The van der Waals surface area contributed by atoms with E-state index in [2.05, 4.69) is 10.6 Å². The summed E-state index contributed by atoms with van der Waals surface area (Å²) < 4.78 is 5.26. The molecule has 104 valence electrons. The van der Waals surface area contributed by atoms with Crippen molar-refractivity contribution in [1.29, 1.82) is 0 Å². The largest absolute Gasteiger partial charge is 0.494 e. The maximum atomic E-state index is 11.5. The van der Waals surface area contributed by atoms with Gasteiger partial charge in [0, 0.05) is 11.7 Å². The molecule has 0 aliphatic rings. The maximum Gasteiger partial charge on any atom is 0.313 e. The quantitative estimate of drug-likeness (QED) is 0.678. The summed E-state index contributed by atoms with van der Waals surface area (Å²) in [5.41, 5.74) is 0.500. The minimum absolute atomic E-state index is 0.220. The van der Waals surface area contributed by atoms with Crippen LogP contribution < -0.4 is 15.4 Å². The number of hydrogen-bond donors (Lipinski definition) is 3. The summed E-state index contributed by atoms with van der Waals surface area (Å²) in [6, 6.07) is 6.23. The van der Waals surface area contributed by atoms with E-state index in [9.17, 15) is 9.59 Å². The maximum absolute atomic E-state index is 11.5. The van der Waals surface area contributed by atoms with Crippen molar-refractivity contribution in [2.24, 2.45) is 0 Å². The molecule has 2 amide bonds. The highest BCUT2D eigenvalue weighted by molar-refractivity contribution is 6.39. The predicted octanol–water partition coefficient (Wildman–Crippen LogP) is 0.521. The number of anilines is 1. The summed E-state index contributed by atoms with van der Waals surface area (Å²) in [7, 11) is 0. The van der Waals surface area contributed by atoms with Crippen LogP contribution >= 0.6 is 0 Å². The number of ether oxygens (including phenoxy) is 1. The number of hydrogen-bond acceptors (Lipinski definition) is 4. The Kier molecular flexibility index (Phi) is 5.81. The van der Waals surface area contributed by atoms with Crippen LogP contribution in [0, 0.1) is 0 Å². The van der Waals surface area contributed by atoms with Gasteiger partial charge < -0.3 is 20.5 Å². The number of carbonyl (C=O) groups excluding carboxylic acids is 2. The van der Waals surface area contributed by atoms with Crippen molar-refractivity contribution in [3.8, 4) is 5.75 Å². The van der Waals surface area contributed by atoms with Gasteiger partial charge in [0.1, 0.15) is 5.75 Å². The Hall–Kier alpha value is -2.08. The highest BCUT2D eigenvalue weighted by Gasteiger charge is 2.15. The zero-order chi connectivity index (χ0) is 14.3. The van der Waals surface area contributed by atoms with Crippen LogP contribution in [-0.2, 0) is 9.59 Å². The van der Waals surface area contributed by atoms with Crippen molar-refractivity contribution >= 4 is 17.5 Å². The summed E-state index contributed by atoms with van der Waals surface area (Å²) in [4.78, 5) is 23.0. The molecule has 1 aromatic rings. The number of aliphatic hydroxyl groups is 1. The van der Waals surface area contributed by atoms with E-state index in [1.54, 1.807) is 31.2 Å². The normalized spacial score (nSPS) is 11.5. The van der Waals surface area contributed by atoms with Gasteiger partial charge in [0.05, 0.1) is 13.2 Å². The third-order valence-corrected chi connectivity index (χ3v) is 2.28. The SMILES string of the molecule is CCOc1ccc(NC(=O)C(=O)NC(C)CO)cc1. The molecule has 0 bridgehead atoms. The molecule has 0 aromatic heterocycles. The molecule has 3 N–H and O–H groups in total. The lowest BCUT2D eigenvalue weighted by atomic mass is 10.3. The molecule has 6 nitrogen and oxygen atoms in total. The van der Waals surface area contributed by atoms with E-state index in [0.29, 0.717) is 18.0 Å². The van der Waals surface area contributed by atoms with E-state index in [1.165, 1.54) is 0 Å². The van der Waals surface area contributed by atoms with Gasteiger partial charge in [-0.1, -0.05) is 0 Å². The van der Waals surface area contributed by atoms with Gasteiger partial charge in [0.2, 0.25) is 0 Å². The highest BCUT2D eigenvalue weighted by atomic mass is 16.5. The number of rotatable bonds is 5. The van der Waals surface area contributed by atoms with Crippen LogP contribution in [0.1, 0.15) is 13.8 Å². The van der Waals surface area contributed by atoms with E-state index in [-0.39, 0.29) is 6.61 Å². The molecule has 0 saturated carbocycles. The van der Waals surface area contributed by atoms with Crippen LogP contribution in [0.25, 0.3) is 0 Å². The summed E-state index contributed by atoms with van der Waals surface area (Å²) in [5.74, 6) is -0.862. The fourth-order valence-electron chi connectivity index (χ4n) is 1.32. The number of benzene rings is 1. The fourth-order valence-corrected chi connectivity index (χ4v) is 1.32. The molecule has 0 fully saturated rings. The zero-order valence-electron chi connectivity index (χ0n) is 11.0. The summed E-state index contributed by atoms with van der Waals surface area (Å²) in [6.45, 7) is 3.82. The van der Waals surface area contributed by atoms with Crippen molar-refractivity contribution in [2.45, 2.75) is 19.9 Å². The number of nitrogens with one attached hydrogen (secondary N) is 2. The van der Waals surface area contributed by atoms with E-state index in [4.69, 9.17) is 9.84 Å². The third-order valence-electron chi connectivity index (χ3n) is 2.28. The molecule has 1 aromatic carbocycles. The highest BCUT2D eigenvalue weighted by Crippen LogP contribution is 2.15. The molecule has 0 aliphatic carbocycles. The first-order valence-corrected chi connectivity index (χ1v) is 6.02. The zero-order valence-corrected chi connectivity index (χ0v) is 11.0. The molecule has 0 spiro atoms. The lowest BCUT2D eigenvalue weighted by Crippen LogP contribution is -2.42. The van der Waals surface area contributed by atoms with Crippen LogP contribution in [0.2, 0.25) is 0 Å². The van der Waals surface area contributed by atoms with E-state index in [0.717, 1.165) is 0 Å².